The lowest BCUT2D eigenvalue weighted by Crippen LogP contribution is -2.02. The number of nitrogens with one attached hydrogen (secondary N) is 1. The summed E-state index contributed by atoms with van der Waals surface area (Å²) in [5.74, 6) is 0.203. The molecule has 0 amide bonds. The van der Waals surface area contributed by atoms with Gasteiger partial charge in [-0.15, -0.1) is 0 Å². The molecule has 2 heterocycles. The molecule has 0 bridgehead atoms. The highest BCUT2D eigenvalue weighted by Gasteiger charge is 2.09. The number of halogens is 1. The van der Waals surface area contributed by atoms with E-state index in [1.54, 1.807) is 0 Å². The van der Waals surface area contributed by atoms with Crippen molar-refractivity contribution in [2.24, 2.45) is 0 Å². The highest BCUT2D eigenvalue weighted by molar-refractivity contribution is 9.10. The molecular weight excluding hydrogens is 238 g/mol. The molecule has 13 heavy (non-hydrogen) atoms. The van der Waals surface area contributed by atoms with E-state index >= 15 is 0 Å². The first-order chi connectivity index (χ1) is 6.27. The van der Waals surface area contributed by atoms with Gasteiger partial charge in [-0.1, -0.05) is 0 Å². The Morgan fingerprint density at radius 3 is 3.00 bits per heavy atom. The molecule has 0 spiro atoms. The lowest BCUT2D eigenvalue weighted by atomic mass is 10.3. The molecule has 0 unspecified atom stereocenters. The molecule has 0 aliphatic heterocycles. The summed E-state index contributed by atoms with van der Waals surface area (Å²) in [4.78, 5) is 17.9. The largest absolute Gasteiger partial charge is 0.367 e. The van der Waals surface area contributed by atoms with Crippen molar-refractivity contribution in [3.05, 3.63) is 33.4 Å². The second-order valence-corrected chi connectivity index (χ2v) is 3.00. The number of hydrogen-bond acceptors (Lipinski definition) is 4. The van der Waals surface area contributed by atoms with Gasteiger partial charge in [0.15, 0.2) is 5.43 Å². The molecule has 6 heteroatoms. The van der Waals surface area contributed by atoms with Crippen molar-refractivity contribution in [1.82, 2.24) is 15.1 Å². The van der Waals surface area contributed by atoms with Crippen LogP contribution in [0.2, 0.25) is 0 Å². The molecule has 0 aliphatic carbocycles. The summed E-state index contributed by atoms with van der Waals surface area (Å²) in [5, 5.41) is 3.51. The number of aromatic amines is 1. The summed E-state index contributed by atoms with van der Waals surface area (Å²) >= 11 is 3.03. The maximum absolute atomic E-state index is 11.3. The minimum atomic E-state index is -0.157. The van der Waals surface area contributed by atoms with E-state index in [0.29, 0.717) is 10.3 Å². The molecule has 0 aromatic carbocycles. The summed E-state index contributed by atoms with van der Waals surface area (Å²) in [6.45, 7) is 0. The highest BCUT2D eigenvalue weighted by atomic mass is 79.9. The molecule has 2 rings (SSSR count). The van der Waals surface area contributed by atoms with Crippen LogP contribution in [0.3, 0.4) is 0 Å². The number of hydrogen-bond donors (Lipinski definition) is 1. The molecule has 0 atom stereocenters. The number of aromatic nitrogens is 3. The third-order valence-corrected chi connectivity index (χ3v) is 1.78. The Balaban J connectivity index is 2.59. The van der Waals surface area contributed by atoms with E-state index in [1.165, 1.54) is 18.5 Å². The Bertz CT molecular complexity index is 476. The Kier molecular flexibility index (Phi) is 1.97. The monoisotopic (exact) mass is 241 g/mol. The van der Waals surface area contributed by atoms with Gasteiger partial charge in [-0.25, -0.2) is 0 Å². The van der Waals surface area contributed by atoms with Gasteiger partial charge in [0, 0.05) is 18.5 Å². The molecule has 0 aliphatic rings. The molecule has 0 saturated carbocycles. The summed E-state index contributed by atoms with van der Waals surface area (Å²) in [5.41, 5.74) is 0.204. The van der Waals surface area contributed by atoms with Crippen molar-refractivity contribution >= 4 is 15.9 Å². The van der Waals surface area contributed by atoms with Gasteiger partial charge in [-0.05, 0) is 21.1 Å². The van der Waals surface area contributed by atoms with E-state index in [0.717, 1.165) is 0 Å². The third kappa shape index (κ3) is 1.52. The zero-order valence-electron chi connectivity index (χ0n) is 6.32. The van der Waals surface area contributed by atoms with Gasteiger partial charge < -0.3 is 9.51 Å². The topological polar surface area (TPSA) is 71.8 Å². The van der Waals surface area contributed by atoms with Crippen LogP contribution in [0.1, 0.15) is 0 Å². The first kappa shape index (κ1) is 8.18. The smallest absolute Gasteiger partial charge is 0.264 e. The Morgan fingerprint density at radius 2 is 2.38 bits per heavy atom. The zero-order chi connectivity index (χ0) is 9.26. The maximum atomic E-state index is 11.3. The van der Waals surface area contributed by atoms with E-state index in [2.05, 4.69) is 31.1 Å². The van der Waals surface area contributed by atoms with Gasteiger partial charge in [-0.3, -0.25) is 4.79 Å². The molecular formula is C7H4BrN3O2. The minimum Gasteiger partial charge on any atom is -0.367 e. The molecule has 0 saturated heterocycles. The van der Waals surface area contributed by atoms with E-state index in [-0.39, 0.29) is 11.3 Å². The molecule has 2 aromatic heterocycles. The van der Waals surface area contributed by atoms with Gasteiger partial charge in [-0.2, -0.15) is 4.98 Å². The molecule has 2 aromatic rings. The van der Waals surface area contributed by atoms with E-state index < -0.39 is 0 Å². The Hall–Kier alpha value is -1.43. The minimum absolute atomic E-state index is 0.157. The molecule has 5 nitrogen and oxygen atoms in total. The molecule has 66 valence electrons. The Morgan fingerprint density at radius 1 is 1.54 bits per heavy atom. The van der Waals surface area contributed by atoms with Crippen molar-refractivity contribution in [2.45, 2.75) is 0 Å². The van der Waals surface area contributed by atoms with Crippen LogP contribution in [0.5, 0.6) is 0 Å². The number of nitrogens with zero attached hydrogens (tertiary/aromatic N) is 2. The summed E-state index contributed by atoms with van der Waals surface area (Å²) < 4.78 is 5.13. The predicted molar refractivity (Wildman–Crippen MR) is 48.1 cm³/mol. The second kappa shape index (κ2) is 3.14. The van der Waals surface area contributed by atoms with Crippen molar-refractivity contribution in [3.63, 3.8) is 0 Å². The fourth-order valence-electron chi connectivity index (χ4n) is 0.898. The lowest BCUT2D eigenvalue weighted by molar-refractivity contribution is 0.426. The summed E-state index contributed by atoms with van der Waals surface area (Å²) in [7, 11) is 0. The van der Waals surface area contributed by atoms with Gasteiger partial charge in [0.2, 0.25) is 4.73 Å². The SMILES string of the molecule is O=c1cc[nH]cc1-c1nc(Br)no1. The van der Waals surface area contributed by atoms with Crippen molar-refractivity contribution < 1.29 is 4.52 Å². The molecule has 1 N–H and O–H groups in total. The van der Waals surface area contributed by atoms with Crippen LogP contribution >= 0.6 is 15.9 Å². The van der Waals surface area contributed by atoms with Crippen molar-refractivity contribution in [3.8, 4) is 11.5 Å². The summed E-state index contributed by atoms with van der Waals surface area (Å²) in [6, 6.07) is 1.40. The fraction of sp³-hybridized carbons (Fsp3) is 0. The first-order valence-corrected chi connectivity index (χ1v) is 4.23. The van der Waals surface area contributed by atoms with Crippen LogP contribution in [0.15, 0.2) is 32.5 Å². The fourth-order valence-corrected chi connectivity index (χ4v) is 1.13. The van der Waals surface area contributed by atoms with Crippen LogP contribution < -0.4 is 5.43 Å². The van der Waals surface area contributed by atoms with Crippen LogP contribution in [0.4, 0.5) is 0 Å². The molecule has 0 radical (unpaired) electrons. The standard InChI is InChI=1S/C7H4BrN3O2/c8-7-10-6(13-11-7)4-3-9-2-1-5(4)12/h1-3H,(H,9,12). The third-order valence-electron chi connectivity index (χ3n) is 1.46. The quantitative estimate of drug-likeness (QED) is 0.815. The number of rotatable bonds is 1. The number of pyridine rings is 1. The summed E-state index contributed by atoms with van der Waals surface area (Å²) in [6.07, 6.45) is 3.06. The van der Waals surface area contributed by atoms with Gasteiger partial charge in [0.1, 0.15) is 5.56 Å². The van der Waals surface area contributed by atoms with Crippen molar-refractivity contribution in [1.29, 1.82) is 0 Å². The Labute approximate surface area is 80.9 Å². The van der Waals surface area contributed by atoms with Crippen LogP contribution in [-0.4, -0.2) is 15.1 Å². The van der Waals surface area contributed by atoms with Crippen LogP contribution in [0, 0.1) is 0 Å². The normalized spacial score (nSPS) is 10.2. The predicted octanol–water partition coefficient (Wildman–Crippen LogP) is 1.19. The second-order valence-electron chi connectivity index (χ2n) is 2.29. The van der Waals surface area contributed by atoms with Crippen LogP contribution in [0.25, 0.3) is 11.5 Å². The highest BCUT2D eigenvalue weighted by Crippen LogP contribution is 2.13. The van der Waals surface area contributed by atoms with E-state index in [1.807, 2.05) is 0 Å². The average Bonchev–Trinajstić information content (AvgIpc) is 2.53. The lowest BCUT2D eigenvalue weighted by Gasteiger charge is -1.89. The van der Waals surface area contributed by atoms with Crippen LogP contribution in [-0.2, 0) is 0 Å². The zero-order valence-corrected chi connectivity index (χ0v) is 7.91. The van der Waals surface area contributed by atoms with Gasteiger partial charge in [0.25, 0.3) is 5.89 Å². The van der Waals surface area contributed by atoms with Crippen molar-refractivity contribution in [2.75, 3.05) is 0 Å². The van der Waals surface area contributed by atoms with E-state index in [4.69, 9.17) is 4.52 Å². The van der Waals surface area contributed by atoms with Gasteiger partial charge >= 0.3 is 0 Å². The maximum Gasteiger partial charge on any atom is 0.264 e. The average molecular weight is 242 g/mol. The number of H-pyrrole nitrogens is 1. The first-order valence-electron chi connectivity index (χ1n) is 3.44. The van der Waals surface area contributed by atoms with E-state index in [9.17, 15) is 4.79 Å². The molecule has 0 fully saturated rings. The van der Waals surface area contributed by atoms with Gasteiger partial charge in [0.05, 0.1) is 0 Å².